The molecule has 40 heavy (non-hydrogen) atoms. The van der Waals surface area contributed by atoms with Gasteiger partial charge >= 0.3 is 0 Å². The molecule has 10 nitrogen and oxygen atoms in total. The number of halogens is 4. The molecule has 0 saturated carbocycles. The SMILES string of the molecule is Cl.Clc1cc(Cl)n2nc([C@@H]3CCCCN3)cc2n1.Clc1cc(N2CCOCC2)n2nc([C@@H]3CCCCN3)cc2n1. The van der Waals surface area contributed by atoms with Crippen LogP contribution in [0, 0.1) is 0 Å². The monoisotopic (exact) mass is 627 g/mol. The second-order valence-corrected chi connectivity index (χ2v) is 11.3. The van der Waals surface area contributed by atoms with E-state index in [2.05, 4.69) is 36.7 Å². The van der Waals surface area contributed by atoms with Crippen molar-refractivity contribution in [2.24, 2.45) is 0 Å². The summed E-state index contributed by atoms with van der Waals surface area (Å²) in [5.41, 5.74) is 3.56. The smallest absolute Gasteiger partial charge is 0.159 e. The molecule has 216 valence electrons. The standard InChI is InChI=1S/C15H20ClN5O.C11H12Cl2N4.ClH/c16-13-10-15(20-5-7-22-8-6-20)21-14(18-13)9-12(19-21)11-3-1-2-4-17-11;12-9-6-10(13)17-11(15-9)5-8(16-17)7-3-1-2-4-14-7;/h9-11,17H,1-8H2;5-7,14H,1-4H2;1H/t11-;7-;/m00./s1. The molecule has 4 aromatic heterocycles. The maximum Gasteiger partial charge on any atom is 0.159 e. The Balaban J connectivity index is 0.000000162. The van der Waals surface area contributed by atoms with E-state index in [-0.39, 0.29) is 12.4 Å². The van der Waals surface area contributed by atoms with Gasteiger partial charge in [-0.3, -0.25) is 0 Å². The van der Waals surface area contributed by atoms with Gasteiger partial charge in [-0.15, -0.1) is 12.4 Å². The first kappa shape index (κ1) is 29.6. The summed E-state index contributed by atoms with van der Waals surface area (Å²) in [6.07, 6.45) is 7.19. The Hall–Kier alpha value is -1.92. The van der Waals surface area contributed by atoms with Crippen LogP contribution in [0.2, 0.25) is 15.5 Å². The fourth-order valence-electron chi connectivity index (χ4n) is 5.44. The minimum absolute atomic E-state index is 0. The van der Waals surface area contributed by atoms with Crippen molar-refractivity contribution in [2.75, 3.05) is 44.3 Å². The molecular weight excluding hydrogens is 596 g/mol. The van der Waals surface area contributed by atoms with Crippen molar-refractivity contribution in [3.63, 3.8) is 0 Å². The number of fused-ring (bicyclic) bond motifs is 2. The van der Waals surface area contributed by atoms with Crippen LogP contribution in [-0.4, -0.2) is 68.6 Å². The molecule has 7 heterocycles. The Morgan fingerprint density at radius 2 is 1.27 bits per heavy atom. The Labute approximate surface area is 254 Å². The molecule has 0 unspecified atom stereocenters. The molecule has 0 aliphatic carbocycles. The third-order valence-electron chi connectivity index (χ3n) is 7.44. The number of aromatic nitrogens is 6. The van der Waals surface area contributed by atoms with Gasteiger partial charge in [-0.25, -0.2) is 14.5 Å². The van der Waals surface area contributed by atoms with E-state index >= 15 is 0 Å². The molecule has 14 heteroatoms. The molecule has 3 fully saturated rings. The summed E-state index contributed by atoms with van der Waals surface area (Å²) in [6, 6.07) is 8.12. The number of rotatable bonds is 3. The van der Waals surface area contributed by atoms with E-state index in [0.717, 1.165) is 75.1 Å². The van der Waals surface area contributed by atoms with Gasteiger partial charge < -0.3 is 20.3 Å². The quantitative estimate of drug-likeness (QED) is 0.295. The molecule has 3 saturated heterocycles. The van der Waals surface area contributed by atoms with Crippen LogP contribution in [0.25, 0.3) is 11.3 Å². The summed E-state index contributed by atoms with van der Waals surface area (Å²) in [5.74, 6) is 1.00. The largest absolute Gasteiger partial charge is 0.378 e. The first-order chi connectivity index (χ1) is 19.0. The molecule has 0 amide bonds. The van der Waals surface area contributed by atoms with Gasteiger partial charge in [0.05, 0.1) is 36.7 Å². The van der Waals surface area contributed by atoms with Crippen molar-refractivity contribution in [1.29, 1.82) is 0 Å². The molecule has 0 aromatic carbocycles. The molecule has 2 N–H and O–H groups in total. The summed E-state index contributed by atoms with van der Waals surface area (Å²) in [7, 11) is 0. The predicted molar refractivity (Wildman–Crippen MR) is 160 cm³/mol. The van der Waals surface area contributed by atoms with E-state index in [0.29, 0.717) is 33.2 Å². The number of nitrogens with one attached hydrogen (secondary N) is 2. The average molecular weight is 629 g/mol. The lowest BCUT2D eigenvalue weighted by atomic mass is 10.0. The van der Waals surface area contributed by atoms with E-state index in [1.165, 1.54) is 25.7 Å². The number of hydrogen-bond donors (Lipinski definition) is 2. The lowest BCUT2D eigenvalue weighted by molar-refractivity contribution is 0.122. The number of anilines is 1. The van der Waals surface area contributed by atoms with Crippen LogP contribution < -0.4 is 15.5 Å². The van der Waals surface area contributed by atoms with Gasteiger partial charge in [-0.05, 0) is 38.8 Å². The minimum atomic E-state index is 0. The van der Waals surface area contributed by atoms with Gasteiger partial charge in [-0.1, -0.05) is 47.6 Å². The zero-order valence-corrected chi connectivity index (χ0v) is 25.1. The highest BCUT2D eigenvalue weighted by atomic mass is 35.5. The van der Waals surface area contributed by atoms with Crippen molar-refractivity contribution in [1.82, 2.24) is 39.8 Å². The van der Waals surface area contributed by atoms with Crippen LogP contribution in [0.4, 0.5) is 5.82 Å². The van der Waals surface area contributed by atoms with Crippen LogP contribution in [0.15, 0.2) is 24.3 Å². The van der Waals surface area contributed by atoms with Gasteiger partial charge in [0, 0.05) is 37.4 Å². The highest BCUT2D eigenvalue weighted by Gasteiger charge is 2.22. The molecule has 4 aromatic rings. The molecule has 3 aliphatic rings. The second-order valence-electron chi connectivity index (χ2n) is 10.1. The van der Waals surface area contributed by atoms with E-state index in [9.17, 15) is 0 Å². The van der Waals surface area contributed by atoms with Crippen LogP contribution in [0.1, 0.15) is 62.0 Å². The van der Waals surface area contributed by atoms with E-state index in [1.807, 2.05) is 16.6 Å². The minimum Gasteiger partial charge on any atom is -0.378 e. The second kappa shape index (κ2) is 13.4. The highest BCUT2D eigenvalue weighted by Crippen LogP contribution is 2.27. The molecule has 0 spiro atoms. The summed E-state index contributed by atoms with van der Waals surface area (Å²) >= 11 is 18.1. The summed E-state index contributed by atoms with van der Waals surface area (Å²) in [6.45, 7) is 5.28. The summed E-state index contributed by atoms with van der Waals surface area (Å²) in [5, 5.41) is 17.7. The number of hydrogen-bond acceptors (Lipinski definition) is 8. The van der Waals surface area contributed by atoms with Crippen LogP contribution >= 0.6 is 47.2 Å². The van der Waals surface area contributed by atoms with Crippen LogP contribution in [0.3, 0.4) is 0 Å². The number of ether oxygens (including phenoxy) is 1. The van der Waals surface area contributed by atoms with E-state index in [1.54, 1.807) is 10.6 Å². The summed E-state index contributed by atoms with van der Waals surface area (Å²) in [4.78, 5) is 10.9. The van der Waals surface area contributed by atoms with Gasteiger partial charge in [-0.2, -0.15) is 14.7 Å². The first-order valence-electron chi connectivity index (χ1n) is 13.6. The zero-order valence-electron chi connectivity index (χ0n) is 22.0. The molecule has 7 rings (SSSR count). The van der Waals surface area contributed by atoms with Crippen molar-refractivity contribution in [3.8, 4) is 0 Å². The predicted octanol–water partition coefficient (Wildman–Crippen LogP) is 5.31. The topological polar surface area (TPSA) is 96.9 Å². The lowest BCUT2D eigenvalue weighted by Crippen LogP contribution is -2.37. The maximum atomic E-state index is 6.21. The lowest BCUT2D eigenvalue weighted by Gasteiger charge is -2.28. The first-order valence-corrected chi connectivity index (χ1v) is 14.8. The van der Waals surface area contributed by atoms with Crippen molar-refractivity contribution in [3.05, 3.63) is 51.1 Å². The van der Waals surface area contributed by atoms with Gasteiger partial charge in [0.25, 0.3) is 0 Å². The molecule has 0 bridgehead atoms. The average Bonchev–Trinajstić information content (AvgIpc) is 3.59. The Morgan fingerprint density at radius 3 is 1.85 bits per heavy atom. The van der Waals surface area contributed by atoms with Gasteiger partial charge in [0.1, 0.15) is 21.3 Å². The molecular formula is C26H33Cl4N9O. The fourth-order valence-corrected chi connectivity index (χ4v) is 6.10. The normalized spacial score (nSPS) is 21.6. The third kappa shape index (κ3) is 6.59. The van der Waals surface area contributed by atoms with E-state index < -0.39 is 0 Å². The molecule has 2 atom stereocenters. The fraction of sp³-hybridized carbons (Fsp3) is 0.538. The van der Waals surface area contributed by atoms with Crippen LogP contribution in [-0.2, 0) is 4.74 Å². The molecule has 3 aliphatic heterocycles. The zero-order chi connectivity index (χ0) is 26.8. The molecule has 0 radical (unpaired) electrons. The van der Waals surface area contributed by atoms with Crippen molar-refractivity contribution in [2.45, 2.75) is 50.6 Å². The Bertz CT molecular complexity index is 1430. The number of piperidine rings is 2. The van der Waals surface area contributed by atoms with Crippen molar-refractivity contribution < 1.29 is 4.74 Å². The van der Waals surface area contributed by atoms with Crippen molar-refractivity contribution >= 4 is 64.3 Å². The maximum absolute atomic E-state index is 6.21. The number of nitrogens with zero attached hydrogens (tertiary/aromatic N) is 7. The third-order valence-corrected chi connectivity index (χ3v) is 8.09. The number of morpholine rings is 1. The highest BCUT2D eigenvalue weighted by molar-refractivity contribution is 6.33. The van der Waals surface area contributed by atoms with Crippen LogP contribution in [0.5, 0.6) is 0 Å². The summed E-state index contributed by atoms with van der Waals surface area (Å²) < 4.78 is 8.98. The Morgan fingerprint density at radius 1 is 0.725 bits per heavy atom. The Kier molecular flexibility index (Phi) is 9.89. The van der Waals surface area contributed by atoms with Gasteiger partial charge in [0.2, 0.25) is 0 Å². The van der Waals surface area contributed by atoms with E-state index in [4.69, 9.17) is 44.6 Å². The van der Waals surface area contributed by atoms with Gasteiger partial charge in [0.15, 0.2) is 11.3 Å².